The van der Waals surface area contributed by atoms with Crippen LogP contribution in [0.15, 0.2) is 36.4 Å². The van der Waals surface area contributed by atoms with Gasteiger partial charge in [0, 0.05) is 43.9 Å². The second-order valence-electron chi connectivity index (χ2n) is 11.2. The van der Waals surface area contributed by atoms with Crippen molar-refractivity contribution in [3.63, 3.8) is 0 Å². The quantitative estimate of drug-likeness (QED) is 0.453. The summed E-state index contributed by atoms with van der Waals surface area (Å²) in [7, 11) is 0. The summed E-state index contributed by atoms with van der Waals surface area (Å²) in [4.78, 5) is 64.0. The number of piperazine rings is 1. The van der Waals surface area contributed by atoms with Crippen LogP contribution in [0.1, 0.15) is 76.5 Å². The predicted molar refractivity (Wildman–Crippen MR) is 153 cm³/mol. The standard InChI is InChI=1S/C30H41N5O6/c1-7-40-29(39)35-17-15-34(16-18-35)28(38)22(13-14-25(36)41-30(4,5)6)33-27(37)24-19-23(20(2)3)31-26(32-24)21-11-9-8-10-12-21/h8-12,19-20,22H,7,13-18H2,1-6H3,(H,33,37)/t22-/m0/s1. The first-order valence-electron chi connectivity index (χ1n) is 14.1. The summed E-state index contributed by atoms with van der Waals surface area (Å²) in [5.41, 5.74) is 0.909. The van der Waals surface area contributed by atoms with Gasteiger partial charge in [-0.05, 0) is 46.1 Å². The Bertz CT molecular complexity index is 1220. The summed E-state index contributed by atoms with van der Waals surface area (Å²) in [6.45, 7) is 12.4. The van der Waals surface area contributed by atoms with E-state index < -0.39 is 29.6 Å². The molecule has 1 aromatic heterocycles. The van der Waals surface area contributed by atoms with Crippen molar-refractivity contribution in [1.82, 2.24) is 25.1 Å². The van der Waals surface area contributed by atoms with E-state index >= 15 is 0 Å². The van der Waals surface area contributed by atoms with Gasteiger partial charge in [0.15, 0.2) is 5.82 Å². The van der Waals surface area contributed by atoms with E-state index in [1.807, 2.05) is 44.2 Å². The van der Waals surface area contributed by atoms with Crippen LogP contribution in [0, 0.1) is 0 Å². The maximum atomic E-state index is 13.6. The minimum Gasteiger partial charge on any atom is -0.460 e. The molecule has 1 saturated heterocycles. The molecule has 3 amide bonds. The monoisotopic (exact) mass is 567 g/mol. The lowest BCUT2D eigenvalue weighted by atomic mass is 10.1. The summed E-state index contributed by atoms with van der Waals surface area (Å²) < 4.78 is 10.5. The Morgan fingerprint density at radius 2 is 1.61 bits per heavy atom. The molecule has 2 aromatic rings. The van der Waals surface area contributed by atoms with E-state index in [0.29, 0.717) is 24.6 Å². The number of rotatable bonds is 9. The number of benzene rings is 1. The van der Waals surface area contributed by atoms with Crippen molar-refractivity contribution in [1.29, 1.82) is 0 Å². The number of aromatic nitrogens is 2. The summed E-state index contributed by atoms with van der Waals surface area (Å²) in [6.07, 6.45) is -0.438. The average molecular weight is 568 g/mol. The lowest BCUT2D eigenvalue weighted by Crippen LogP contribution is -2.56. The number of carbonyl (C=O) groups excluding carboxylic acids is 4. The van der Waals surface area contributed by atoms with E-state index in [0.717, 1.165) is 5.56 Å². The van der Waals surface area contributed by atoms with Crippen LogP contribution in [0.2, 0.25) is 0 Å². The molecule has 1 fully saturated rings. The van der Waals surface area contributed by atoms with Gasteiger partial charge in [0.2, 0.25) is 5.91 Å². The topological polar surface area (TPSA) is 131 Å². The van der Waals surface area contributed by atoms with Gasteiger partial charge in [0.25, 0.3) is 5.91 Å². The van der Waals surface area contributed by atoms with Crippen LogP contribution in [-0.2, 0) is 19.1 Å². The zero-order valence-corrected chi connectivity index (χ0v) is 24.8. The van der Waals surface area contributed by atoms with Gasteiger partial charge in [-0.15, -0.1) is 0 Å². The zero-order valence-electron chi connectivity index (χ0n) is 24.8. The molecule has 0 saturated carbocycles. The Morgan fingerprint density at radius 1 is 0.976 bits per heavy atom. The minimum absolute atomic E-state index is 0.0345. The highest BCUT2D eigenvalue weighted by molar-refractivity contribution is 5.96. The molecule has 11 heteroatoms. The SMILES string of the molecule is CCOC(=O)N1CCN(C(=O)[C@H](CCC(=O)OC(C)(C)C)NC(=O)c2cc(C(C)C)nc(-c3ccccc3)n2)CC1. The minimum atomic E-state index is -0.998. The molecule has 1 aliphatic heterocycles. The van der Waals surface area contributed by atoms with Crippen molar-refractivity contribution >= 4 is 23.9 Å². The van der Waals surface area contributed by atoms with Gasteiger partial charge >= 0.3 is 12.1 Å². The van der Waals surface area contributed by atoms with Gasteiger partial charge in [-0.3, -0.25) is 14.4 Å². The maximum Gasteiger partial charge on any atom is 0.409 e. The predicted octanol–water partition coefficient (Wildman–Crippen LogP) is 3.79. The Balaban J connectivity index is 1.82. The van der Waals surface area contributed by atoms with Crippen molar-refractivity contribution in [2.24, 2.45) is 0 Å². The molecule has 0 bridgehead atoms. The molecule has 1 aromatic carbocycles. The average Bonchev–Trinajstić information content (AvgIpc) is 2.94. The van der Waals surface area contributed by atoms with Crippen molar-refractivity contribution in [2.45, 2.75) is 71.9 Å². The third kappa shape index (κ3) is 9.26. The highest BCUT2D eigenvalue weighted by Crippen LogP contribution is 2.20. The fourth-order valence-corrected chi connectivity index (χ4v) is 4.28. The molecule has 1 aliphatic rings. The van der Waals surface area contributed by atoms with Crippen molar-refractivity contribution < 1.29 is 28.7 Å². The van der Waals surface area contributed by atoms with Crippen LogP contribution < -0.4 is 5.32 Å². The molecule has 2 heterocycles. The van der Waals surface area contributed by atoms with Crippen LogP contribution in [0.25, 0.3) is 11.4 Å². The van der Waals surface area contributed by atoms with E-state index in [1.165, 1.54) is 0 Å². The second kappa shape index (κ2) is 14.0. The van der Waals surface area contributed by atoms with Crippen molar-refractivity contribution in [2.75, 3.05) is 32.8 Å². The Morgan fingerprint density at radius 3 is 2.20 bits per heavy atom. The molecule has 0 unspecified atom stereocenters. The third-order valence-corrected chi connectivity index (χ3v) is 6.38. The normalized spacial score (nSPS) is 14.4. The Hall–Kier alpha value is -4.02. The second-order valence-corrected chi connectivity index (χ2v) is 11.2. The number of hydrogen-bond donors (Lipinski definition) is 1. The number of ether oxygens (including phenoxy) is 2. The highest BCUT2D eigenvalue weighted by atomic mass is 16.6. The molecule has 1 atom stereocenters. The number of amides is 3. The molecule has 0 aliphatic carbocycles. The molecule has 0 spiro atoms. The zero-order chi connectivity index (χ0) is 30.2. The molecule has 11 nitrogen and oxygen atoms in total. The van der Waals surface area contributed by atoms with Crippen molar-refractivity contribution in [3.8, 4) is 11.4 Å². The van der Waals surface area contributed by atoms with Crippen LogP contribution in [0.3, 0.4) is 0 Å². The molecule has 3 rings (SSSR count). The number of nitrogens with one attached hydrogen (secondary N) is 1. The summed E-state index contributed by atoms with van der Waals surface area (Å²) in [6, 6.07) is 9.98. The van der Waals surface area contributed by atoms with Gasteiger partial charge in [0.05, 0.1) is 6.61 Å². The van der Waals surface area contributed by atoms with Gasteiger partial charge in [0.1, 0.15) is 17.3 Å². The first kappa shape index (κ1) is 31.5. The van der Waals surface area contributed by atoms with Gasteiger partial charge in [-0.1, -0.05) is 44.2 Å². The number of hydrogen-bond acceptors (Lipinski definition) is 8. The van der Waals surface area contributed by atoms with Gasteiger partial charge in [-0.2, -0.15) is 0 Å². The van der Waals surface area contributed by atoms with Crippen LogP contribution in [-0.4, -0.2) is 88.1 Å². The molecular weight excluding hydrogens is 526 g/mol. The summed E-state index contributed by atoms with van der Waals surface area (Å²) in [5.74, 6) is -0.904. The van der Waals surface area contributed by atoms with Gasteiger partial charge in [-0.25, -0.2) is 14.8 Å². The van der Waals surface area contributed by atoms with Crippen molar-refractivity contribution in [3.05, 3.63) is 47.8 Å². The van der Waals surface area contributed by atoms with E-state index in [1.54, 1.807) is 43.6 Å². The third-order valence-electron chi connectivity index (χ3n) is 6.38. The number of esters is 1. The number of carbonyl (C=O) groups is 4. The summed E-state index contributed by atoms with van der Waals surface area (Å²) >= 11 is 0. The van der Waals surface area contributed by atoms with E-state index in [9.17, 15) is 19.2 Å². The fraction of sp³-hybridized carbons (Fsp3) is 0.533. The largest absolute Gasteiger partial charge is 0.460 e. The first-order chi connectivity index (χ1) is 19.4. The highest BCUT2D eigenvalue weighted by Gasteiger charge is 2.32. The summed E-state index contributed by atoms with van der Waals surface area (Å²) in [5, 5.41) is 2.81. The van der Waals surface area contributed by atoms with Crippen LogP contribution in [0.4, 0.5) is 4.79 Å². The fourth-order valence-electron chi connectivity index (χ4n) is 4.28. The Kier molecular flexibility index (Phi) is 10.8. The number of nitrogens with zero attached hydrogens (tertiary/aromatic N) is 4. The molecule has 0 radical (unpaired) electrons. The molecule has 222 valence electrons. The molecule has 1 N–H and O–H groups in total. The lowest BCUT2D eigenvalue weighted by molar-refractivity contribution is -0.155. The van der Waals surface area contributed by atoms with E-state index in [-0.39, 0.29) is 50.1 Å². The van der Waals surface area contributed by atoms with E-state index in [2.05, 4.69) is 15.3 Å². The molecule has 41 heavy (non-hydrogen) atoms. The smallest absolute Gasteiger partial charge is 0.409 e. The Labute approximate surface area is 241 Å². The van der Waals surface area contributed by atoms with Gasteiger partial charge < -0.3 is 24.6 Å². The van der Waals surface area contributed by atoms with Crippen LogP contribution >= 0.6 is 0 Å². The molecular formula is C30H41N5O6. The maximum absolute atomic E-state index is 13.6. The van der Waals surface area contributed by atoms with E-state index in [4.69, 9.17) is 9.47 Å². The lowest BCUT2D eigenvalue weighted by Gasteiger charge is -2.36. The first-order valence-corrected chi connectivity index (χ1v) is 14.1. The van der Waals surface area contributed by atoms with Crippen LogP contribution in [0.5, 0.6) is 0 Å².